The third kappa shape index (κ3) is 5.69. The first kappa shape index (κ1) is 19.7. The predicted molar refractivity (Wildman–Crippen MR) is 106 cm³/mol. The number of hydrogen-bond donors (Lipinski definition) is 2. The van der Waals surface area contributed by atoms with Gasteiger partial charge in [-0.3, -0.25) is 4.79 Å². The van der Waals surface area contributed by atoms with E-state index in [-0.39, 0.29) is 23.5 Å². The molecule has 1 aromatic carbocycles. The molecule has 0 saturated carbocycles. The molecule has 27 heavy (non-hydrogen) atoms. The smallest absolute Gasteiger partial charge is 0.222 e. The second-order valence-corrected chi connectivity index (χ2v) is 9.40. The SMILES string of the molecule is CCNC(=NCc1ccc(CN2CCCC2=O)cc1)NC1CCS(=O)(=O)C1. The number of carbonyl (C=O) groups is 1. The zero-order valence-corrected chi connectivity index (χ0v) is 16.6. The Morgan fingerprint density at radius 3 is 2.59 bits per heavy atom. The van der Waals surface area contributed by atoms with Crippen molar-refractivity contribution in [3.8, 4) is 0 Å². The highest BCUT2D eigenvalue weighted by atomic mass is 32.2. The number of benzene rings is 1. The summed E-state index contributed by atoms with van der Waals surface area (Å²) < 4.78 is 23.2. The lowest BCUT2D eigenvalue weighted by molar-refractivity contribution is -0.128. The van der Waals surface area contributed by atoms with Gasteiger partial charge in [0.15, 0.2) is 15.8 Å². The first-order valence-electron chi connectivity index (χ1n) is 9.56. The number of rotatable bonds is 6. The Morgan fingerprint density at radius 2 is 2.00 bits per heavy atom. The summed E-state index contributed by atoms with van der Waals surface area (Å²) in [6.07, 6.45) is 2.24. The van der Waals surface area contributed by atoms with Gasteiger partial charge < -0.3 is 15.5 Å². The Bertz CT molecular complexity index is 790. The molecule has 0 spiro atoms. The van der Waals surface area contributed by atoms with Crippen LogP contribution in [0.15, 0.2) is 29.3 Å². The summed E-state index contributed by atoms with van der Waals surface area (Å²) in [5.74, 6) is 1.29. The van der Waals surface area contributed by atoms with Crippen LogP contribution in [0.25, 0.3) is 0 Å². The maximum Gasteiger partial charge on any atom is 0.222 e. The molecule has 1 unspecified atom stereocenters. The molecule has 2 aliphatic rings. The molecule has 0 aliphatic carbocycles. The van der Waals surface area contributed by atoms with Crippen molar-refractivity contribution < 1.29 is 13.2 Å². The van der Waals surface area contributed by atoms with Gasteiger partial charge in [0.25, 0.3) is 0 Å². The van der Waals surface area contributed by atoms with Crippen LogP contribution in [0.2, 0.25) is 0 Å². The summed E-state index contributed by atoms with van der Waals surface area (Å²) in [5.41, 5.74) is 2.20. The molecule has 8 heteroatoms. The fourth-order valence-electron chi connectivity index (χ4n) is 3.43. The lowest BCUT2D eigenvalue weighted by Crippen LogP contribution is -2.44. The van der Waals surface area contributed by atoms with E-state index < -0.39 is 9.84 Å². The van der Waals surface area contributed by atoms with E-state index in [1.165, 1.54) is 0 Å². The Hall–Kier alpha value is -2.09. The summed E-state index contributed by atoms with van der Waals surface area (Å²) in [7, 11) is -2.92. The average molecular weight is 393 g/mol. The molecule has 2 heterocycles. The van der Waals surface area contributed by atoms with Crippen molar-refractivity contribution in [2.75, 3.05) is 24.6 Å². The first-order chi connectivity index (χ1) is 12.9. The summed E-state index contributed by atoms with van der Waals surface area (Å²) in [6, 6.07) is 8.07. The third-order valence-electron chi connectivity index (χ3n) is 4.91. The summed E-state index contributed by atoms with van der Waals surface area (Å²) in [6.45, 7) is 4.73. The van der Waals surface area contributed by atoms with E-state index in [4.69, 9.17) is 0 Å². The Balaban J connectivity index is 1.56. The largest absolute Gasteiger partial charge is 0.357 e. The molecule has 0 aromatic heterocycles. The van der Waals surface area contributed by atoms with Gasteiger partial charge in [-0.15, -0.1) is 0 Å². The zero-order chi connectivity index (χ0) is 19.3. The van der Waals surface area contributed by atoms with Gasteiger partial charge in [0.1, 0.15) is 0 Å². The third-order valence-corrected chi connectivity index (χ3v) is 6.67. The van der Waals surface area contributed by atoms with Crippen LogP contribution >= 0.6 is 0 Å². The van der Waals surface area contributed by atoms with E-state index in [2.05, 4.69) is 15.6 Å². The second-order valence-electron chi connectivity index (χ2n) is 7.17. The fourth-order valence-corrected chi connectivity index (χ4v) is 5.11. The van der Waals surface area contributed by atoms with Crippen LogP contribution in [0.3, 0.4) is 0 Å². The van der Waals surface area contributed by atoms with Crippen molar-refractivity contribution in [3.05, 3.63) is 35.4 Å². The van der Waals surface area contributed by atoms with Crippen LogP contribution < -0.4 is 10.6 Å². The van der Waals surface area contributed by atoms with E-state index in [1.54, 1.807) is 0 Å². The lowest BCUT2D eigenvalue weighted by atomic mass is 10.1. The lowest BCUT2D eigenvalue weighted by Gasteiger charge is -2.16. The molecule has 7 nitrogen and oxygen atoms in total. The van der Waals surface area contributed by atoms with Crippen LogP contribution in [-0.4, -0.2) is 55.8 Å². The van der Waals surface area contributed by atoms with E-state index >= 15 is 0 Å². The molecule has 3 rings (SSSR count). The van der Waals surface area contributed by atoms with Gasteiger partial charge in [-0.1, -0.05) is 24.3 Å². The van der Waals surface area contributed by atoms with Crippen molar-refractivity contribution in [1.29, 1.82) is 0 Å². The Morgan fingerprint density at radius 1 is 1.26 bits per heavy atom. The van der Waals surface area contributed by atoms with E-state index in [0.717, 1.165) is 24.1 Å². The van der Waals surface area contributed by atoms with Gasteiger partial charge in [0.2, 0.25) is 5.91 Å². The predicted octanol–water partition coefficient (Wildman–Crippen LogP) is 1.05. The minimum absolute atomic E-state index is 0.0758. The number of guanidine groups is 1. The monoisotopic (exact) mass is 392 g/mol. The van der Waals surface area contributed by atoms with Crippen LogP contribution in [0.1, 0.15) is 37.3 Å². The van der Waals surface area contributed by atoms with Crippen molar-refractivity contribution in [2.45, 2.75) is 45.3 Å². The van der Waals surface area contributed by atoms with E-state index in [9.17, 15) is 13.2 Å². The number of aliphatic imine (C=N–C) groups is 1. The van der Waals surface area contributed by atoms with Crippen LogP contribution in [0, 0.1) is 0 Å². The molecule has 2 aliphatic heterocycles. The van der Waals surface area contributed by atoms with Crippen molar-refractivity contribution in [1.82, 2.24) is 15.5 Å². The molecule has 0 radical (unpaired) electrons. The van der Waals surface area contributed by atoms with Crippen molar-refractivity contribution in [3.63, 3.8) is 0 Å². The first-order valence-corrected chi connectivity index (χ1v) is 11.4. The minimum Gasteiger partial charge on any atom is -0.357 e. The quantitative estimate of drug-likeness (QED) is 0.558. The standard InChI is InChI=1S/C19H28N4O3S/c1-2-20-19(22-17-9-11-27(25,26)14-17)21-12-15-5-7-16(8-6-15)13-23-10-3-4-18(23)24/h5-8,17H,2-4,9-14H2,1H3,(H2,20,21,22). The molecular weight excluding hydrogens is 364 g/mol. The highest BCUT2D eigenvalue weighted by molar-refractivity contribution is 7.91. The normalized spacial score (nSPS) is 22.3. The number of nitrogens with zero attached hydrogens (tertiary/aromatic N) is 2. The zero-order valence-electron chi connectivity index (χ0n) is 15.8. The van der Waals surface area contributed by atoms with Crippen LogP contribution in [-0.2, 0) is 27.7 Å². The maximum atomic E-state index is 11.7. The Kier molecular flexibility index (Phi) is 6.36. The molecule has 1 aromatic rings. The van der Waals surface area contributed by atoms with Crippen LogP contribution in [0.5, 0.6) is 0 Å². The molecule has 2 saturated heterocycles. The molecule has 2 fully saturated rings. The number of nitrogens with one attached hydrogen (secondary N) is 2. The number of carbonyl (C=O) groups excluding carboxylic acids is 1. The van der Waals surface area contributed by atoms with Gasteiger partial charge >= 0.3 is 0 Å². The van der Waals surface area contributed by atoms with E-state index in [0.29, 0.717) is 38.4 Å². The van der Waals surface area contributed by atoms with Gasteiger partial charge in [-0.05, 0) is 30.9 Å². The minimum atomic E-state index is -2.92. The van der Waals surface area contributed by atoms with E-state index in [1.807, 2.05) is 36.1 Å². The van der Waals surface area contributed by atoms with Crippen molar-refractivity contribution in [2.24, 2.45) is 4.99 Å². The summed E-state index contributed by atoms with van der Waals surface area (Å²) in [5, 5.41) is 6.39. The number of amides is 1. The average Bonchev–Trinajstić information content (AvgIpc) is 3.19. The van der Waals surface area contributed by atoms with Gasteiger partial charge in [-0.2, -0.15) is 0 Å². The maximum absolute atomic E-state index is 11.7. The van der Waals surface area contributed by atoms with Gasteiger partial charge in [0, 0.05) is 32.1 Å². The highest BCUT2D eigenvalue weighted by Gasteiger charge is 2.28. The molecular formula is C19H28N4O3S. The second kappa shape index (κ2) is 8.73. The fraction of sp³-hybridized carbons (Fsp3) is 0.579. The topological polar surface area (TPSA) is 90.9 Å². The molecule has 2 N–H and O–H groups in total. The Labute approximate surface area is 161 Å². The number of sulfone groups is 1. The molecule has 148 valence electrons. The molecule has 1 amide bonds. The summed E-state index contributed by atoms with van der Waals surface area (Å²) in [4.78, 5) is 18.2. The van der Waals surface area contributed by atoms with Crippen LogP contribution in [0.4, 0.5) is 0 Å². The van der Waals surface area contributed by atoms with Gasteiger partial charge in [0.05, 0.1) is 18.1 Å². The molecule has 0 bridgehead atoms. The number of likely N-dealkylation sites (tertiary alicyclic amines) is 1. The van der Waals surface area contributed by atoms with Gasteiger partial charge in [-0.25, -0.2) is 13.4 Å². The highest BCUT2D eigenvalue weighted by Crippen LogP contribution is 2.15. The number of hydrogen-bond acceptors (Lipinski definition) is 4. The van der Waals surface area contributed by atoms with Crippen molar-refractivity contribution >= 4 is 21.7 Å². The summed E-state index contributed by atoms with van der Waals surface area (Å²) >= 11 is 0. The molecule has 1 atom stereocenters.